The third-order valence-corrected chi connectivity index (χ3v) is 25.0. The standard InChI is InChI=1S/2C18H33P.C8H8.2ClH.Ru/c2*1-4-10-16(11-5-1)19(17-12-6-2-7-13-17)18-14-8-3-9-15-18;1-2-8-6-4-3-5-7-8;;;/h2*16-18H,1-15H2;1,3-7H,2H2;2*1H;/q;;;;;+2. The minimum absolute atomic E-state index is 0.0465. The Bertz CT molecular complexity index is 855. The summed E-state index contributed by atoms with van der Waals surface area (Å²) in [5, 5.41) is 0. The predicted octanol–water partition coefficient (Wildman–Crippen LogP) is 15.4. The number of hydrogen-bond donors (Lipinski definition) is 0. The Balaban J connectivity index is 0.000000149. The number of benzene rings is 1. The summed E-state index contributed by atoms with van der Waals surface area (Å²) in [5.74, 6) is 0. The molecule has 7 rings (SSSR count). The molecule has 1 aromatic carbocycles. The van der Waals surface area contributed by atoms with Crippen LogP contribution in [0.3, 0.4) is 0 Å². The maximum atomic E-state index is 5.68. The number of halogens is 2. The molecule has 1 aromatic rings. The van der Waals surface area contributed by atoms with E-state index in [1.54, 1.807) is 193 Å². The molecule has 0 heterocycles. The fraction of sp³-hybridized carbons (Fsp3) is 0.841. The second-order valence-electron chi connectivity index (χ2n) is 17.0. The third-order valence-electron chi connectivity index (χ3n) is 13.7. The molecule has 49 heavy (non-hydrogen) atoms. The fourth-order valence-electron chi connectivity index (χ4n) is 11.4. The maximum absolute atomic E-state index is 5.68. The first-order chi connectivity index (χ1) is 24.2. The summed E-state index contributed by atoms with van der Waals surface area (Å²) in [4.78, 5) is 0. The predicted molar refractivity (Wildman–Crippen MR) is 226 cm³/mol. The zero-order chi connectivity index (χ0) is 33.9. The molecule has 6 saturated carbocycles. The van der Waals surface area contributed by atoms with Gasteiger partial charge in [0, 0.05) is 15.8 Å². The van der Waals surface area contributed by atoms with Crippen LogP contribution in [0, 0.1) is 0 Å². The van der Waals surface area contributed by atoms with E-state index in [1.807, 2.05) is 22.8 Å². The number of hydrogen-bond acceptors (Lipinski definition) is 0. The van der Waals surface area contributed by atoms with E-state index in [4.69, 9.17) is 19.4 Å². The molecule has 0 aliphatic heterocycles. The van der Waals surface area contributed by atoms with E-state index in [9.17, 15) is 0 Å². The molecule has 0 atom stereocenters. The Morgan fingerprint density at radius 3 is 0.878 bits per heavy atom. The Labute approximate surface area is 320 Å². The molecule has 6 aliphatic carbocycles. The summed E-state index contributed by atoms with van der Waals surface area (Å²) in [5.41, 5.74) is 8.63. The van der Waals surface area contributed by atoms with Gasteiger partial charge in [-0.15, -0.1) is 0 Å². The van der Waals surface area contributed by atoms with Gasteiger partial charge in [0.25, 0.3) is 0 Å². The topological polar surface area (TPSA) is 0 Å². The van der Waals surface area contributed by atoms with Crippen LogP contribution in [-0.4, -0.2) is 38.6 Å². The van der Waals surface area contributed by atoms with Crippen molar-refractivity contribution in [3.05, 3.63) is 35.9 Å². The van der Waals surface area contributed by atoms with Gasteiger partial charge in [0.2, 0.25) is 0 Å². The van der Waals surface area contributed by atoms with Gasteiger partial charge in [0.15, 0.2) is 0 Å². The molecule has 0 aromatic heterocycles. The van der Waals surface area contributed by atoms with Crippen molar-refractivity contribution < 1.29 is 13.5 Å². The average Bonchev–Trinajstić information content (AvgIpc) is 3.18. The minimum atomic E-state index is -1.56. The van der Waals surface area contributed by atoms with Crippen molar-refractivity contribution in [1.82, 2.24) is 0 Å². The summed E-state index contributed by atoms with van der Waals surface area (Å²) >= 11 is -1.56. The van der Waals surface area contributed by atoms with E-state index in [1.165, 1.54) is 39.5 Å². The molecule has 0 radical (unpaired) electrons. The van der Waals surface area contributed by atoms with Crippen LogP contribution in [0.5, 0.6) is 0 Å². The molecular formula is C44H76Cl2P2Ru+2. The van der Waals surface area contributed by atoms with Crippen LogP contribution in [0.1, 0.15) is 198 Å². The molecule has 6 aliphatic rings. The molecule has 0 amide bonds. The third kappa shape index (κ3) is 14.7. The molecule has 0 bridgehead atoms. The van der Waals surface area contributed by atoms with E-state index in [0.29, 0.717) is 0 Å². The van der Waals surface area contributed by atoms with Crippen LogP contribution in [0.2, 0.25) is 0 Å². The van der Waals surface area contributed by atoms with Gasteiger partial charge in [0.05, 0.1) is 34.0 Å². The summed E-state index contributed by atoms with van der Waals surface area (Å²) in [7, 11) is 11.3. The van der Waals surface area contributed by atoms with Crippen molar-refractivity contribution in [1.29, 1.82) is 0 Å². The molecule has 5 heteroatoms. The Kier molecular flexibility index (Phi) is 20.7. The second kappa shape index (κ2) is 24.5. The molecule has 0 N–H and O–H groups in total. The molecule has 0 unspecified atom stereocenters. The Hall–Kier alpha value is 1.15. The van der Waals surface area contributed by atoms with Gasteiger partial charge in [-0.2, -0.15) is 0 Å². The van der Waals surface area contributed by atoms with Gasteiger partial charge in [0.1, 0.15) is 0 Å². The average molecular weight is 839 g/mol. The van der Waals surface area contributed by atoms with Crippen LogP contribution in [0.15, 0.2) is 30.3 Å². The fourth-order valence-corrected chi connectivity index (χ4v) is 23.1. The van der Waals surface area contributed by atoms with E-state index < -0.39 is 13.5 Å². The first-order valence-electron chi connectivity index (χ1n) is 21.8. The van der Waals surface area contributed by atoms with E-state index in [0.717, 1.165) is 6.42 Å². The molecule has 0 saturated heterocycles. The Morgan fingerprint density at radius 2 is 0.653 bits per heavy atom. The van der Waals surface area contributed by atoms with Gasteiger partial charge < -0.3 is 0 Å². The van der Waals surface area contributed by atoms with Crippen LogP contribution in [-0.2, 0) is 19.9 Å². The van der Waals surface area contributed by atoms with Crippen molar-refractivity contribution in [2.75, 3.05) is 0 Å². The van der Waals surface area contributed by atoms with Gasteiger partial charge in [-0.05, 0) is 154 Å². The summed E-state index contributed by atoms with van der Waals surface area (Å²) < 4.78 is 2.00. The van der Waals surface area contributed by atoms with Gasteiger partial charge >= 0.3 is 79.8 Å². The van der Waals surface area contributed by atoms with Crippen LogP contribution >= 0.6 is 35.2 Å². The number of rotatable bonds is 8. The van der Waals surface area contributed by atoms with Crippen LogP contribution in [0.25, 0.3) is 0 Å². The zero-order valence-electron chi connectivity index (χ0n) is 31.5. The van der Waals surface area contributed by atoms with Crippen molar-refractivity contribution in [2.24, 2.45) is 0 Å². The van der Waals surface area contributed by atoms with Gasteiger partial charge in [-0.25, -0.2) is 0 Å². The SMILES string of the molecule is C1CCC([PH+](C2CCCCC2)C2CCCCC2)CC1.C1CCC([PH+](C2CCCCC2)C2CCCCC2)CC1.[Cl][Ru]([Cl])=[CH]Cc1ccccc1. The molecular weight excluding hydrogens is 762 g/mol. The normalized spacial score (nSPS) is 24.9. The van der Waals surface area contributed by atoms with Crippen molar-refractivity contribution >= 4 is 39.8 Å². The molecule has 6 fully saturated rings. The first-order valence-corrected chi connectivity index (χ1v) is 30.7. The van der Waals surface area contributed by atoms with E-state index in [-0.39, 0.29) is 15.8 Å². The molecule has 0 nitrogen and oxygen atoms in total. The second-order valence-corrected chi connectivity index (χ2v) is 29.9. The summed E-state index contributed by atoms with van der Waals surface area (Å²) in [6, 6.07) is 10.2. The van der Waals surface area contributed by atoms with Crippen molar-refractivity contribution in [2.45, 2.75) is 233 Å². The van der Waals surface area contributed by atoms with Crippen molar-refractivity contribution in [3.8, 4) is 0 Å². The summed E-state index contributed by atoms with van der Waals surface area (Å²) in [6.07, 6.45) is 48.5. The quantitative estimate of drug-likeness (QED) is 0.181. The van der Waals surface area contributed by atoms with Gasteiger partial charge in [-0.3, -0.25) is 0 Å². The summed E-state index contributed by atoms with van der Waals surface area (Å²) in [6.45, 7) is 0. The first kappa shape index (κ1) is 41.3. The Morgan fingerprint density at radius 1 is 0.408 bits per heavy atom. The van der Waals surface area contributed by atoms with E-state index in [2.05, 4.69) is 12.1 Å². The van der Waals surface area contributed by atoms with Crippen LogP contribution < -0.4 is 0 Å². The monoisotopic (exact) mass is 838 g/mol. The molecule has 282 valence electrons. The molecule has 0 spiro atoms. The van der Waals surface area contributed by atoms with Gasteiger partial charge in [-0.1, -0.05) is 38.5 Å². The van der Waals surface area contributed by atoms with Crippen LogP contribution in [0.4, 0.5) is 0 Å². The van der Waals surface area contributed by atoms with E-state index >= 15 is 0 Å². The van der Waals surface area contributed by atoms with Crippen molar-refractivity contribution in [3.63, 3.8) is 0 Å². The zero-order valence-corrected chi connectivity index (χ0v) is 36.7.